The van der Waals surface area contributed by atoms with Crippen LogP contribution in [0, 0.1) is 10.8 Å². The molecule has 0 unspecified atom stereocenters. The van der Waals surface area contributed by atoms with E-state index >= 15 is 0 Å². The Morgan fingerprint density at radius 2 is 1.81 bits per heavy atom. The zero-order valence-corrected chi connectivity index (χ0v) is 11.4. The highest BCUT2D eigenvalue weighted by Crippen LogP contribution is 2.61. The van der Waals surface area contributed by atoms with Crippen LogP contribution in [0.1, 0.15) is 66.2 Å². The molecule has 1 rings (SSSR count). The quantitative estimate of drug-likeness (QED) is 0.689. The highest BCUT2D eigenvalue weighted by atomic mass is 16.1. The Labute approximate surface area is 100 Å². The predicted molar refractivity (Wildman–Crippen MR) is 68.3 cm³/mol. The largest absolute Gasteiger partial charge is 0.356 e. The van der Waals surface area contributed by atoms with Gasteiger partial charge in [0.2, 0.25) is 5.91 Å². The standard InChI is InChI=1S/C14H27NO/c1-12(16)15-11-7-5-6-8-14(9-10-14)13(2,3)4/h5-11H2,1-4H3,(H,15,16). The fourth-order valence-corrected chi connectivity index (χ4v) is 2.56. The normalized spacial score (nSPS) is 18.2. The molecule has 0 aromatic carbocycles. The zero-order valence-electron chi connectivity index (χ0n) is 11.4. The minimum atomic E-state index is 0.0911. The number of hydrogen-bond donors (Lipinski definition) is 1. The Morgan fingerprint density at radius 1 is 1.19 bits per heavy atom. The van der Waals surface area contributed by atoms with E-state index in [0.29, 0.717) is 10.8 Å². The van der Waals surface area contributed by atoms with E-state index in [-0.39, 0.29) is 5.91 Å². The molecular formula is C14H27NO. The number of carbonyl (C=O) groups excluding carboxylic acids is 1. The Balaban J connectivity index is 2.06. The van der Waals surface area contributed by atoms with Crippen molar-refractivity contribution >= 4 is 5.91 Å². The number of amides is 1. The molecule has 1 aliphatic rings. The maximum Gasteiger partial charge on any atom is 0.216 e. The van der Waals surface area contributed by atoms with Crippen LogP contribution in [0.15, 0.2) is 0 Å². The highest BCUT2D eigenvalue weighted by Gasteiger charge is 2.50. The van der Waals surface area contributed by atoms with Gasteiger partial charge in [0.05, 0.1) is 0 Å². The Bertz CT molecular complexity index is 236. The van der Waals surface area contributed by atoms with E-state index in [0.717, 1.165) is 13.0 Å². The van der Waals surface area contributed by atoms with Gasteiger partial charge in [-0.2, -0.15) is 0 Å². The third-order valence-corrected chi connectivity index (χ3v) is 4.15. The van der Waals surface area contributed by atoms with Gasteiger partial charge in [-0.05, 0) is 36.5 Å². The number of nitrogens with one attached hydrogen (secondary N) is 1. The average molecular weight is 225 g/mol. The summed E-state index contributed by atoms with van der Waals surface area (Å²) in [4.78, 5) is 10.7. The lowest BCUT2D eigenvalue weighted by molar-refractivity contribution is -0.118. The summed E-state index contributed by atoms with van der Waals surface area (Å²) in [5.41, 5.74) is 1.12. The highest BCUT2D eigenvalue weighted by molar-refractivity contribution is 5.72. The van der Waals surface area contributed by atoms with Crippen molar-refractivity contribution in [3.05, 3.63) is 0 Å². The van der Waals surface area contributed by atoms with Gasteiger partial charge in [-0.3, -0.25) is 4.79 Å². The van der Waals surface area contributed by atoms with Crippen molar-refractivity contribution in [2.75, 3.05) is 6.54 Å². The third-order valence-electron chi connectivity index (χ3n) is 4.15. The molecule has 0 radical (unpaired) electrons. The summed E-state index contributed by atoms with van der Waals surface area (Å²) < 4.78 is 0. The molecule has 0 aromatic rings. The maximum atomic E-state index is 10.7. The molecule has 1 N–H and O–H groups in total. The first-order chi connectivity index (χ1) is 7.37. The zero-order chi connectivity index (χ0) is 12.2. The van der Waals surface area contributed by atoms with Crippen LogP contribution in [0.25, 0.3) is 0 Å². The lowest BCUT2D eigenvalue weighted by Crippen LogP contribution is -2.22. The molecule has 0 bridgehead atoms. The molecule has 2 nitrogen and oxygen atoms in total. The molecule has 1 saturated carbocycles. The van der Waals surface area contributed by atoms with E-state index in [9.17, 15) is 4.79 Å². The second kappa shape index (κ2) is 5.20. The molecule has 1 aliphatic carbocycles. The molecular weight excluding hydrogens is 198 g/mol. The summed E-state index contributed by atoms with van der Waals surface area (Å²) in [6.07, 6.45) is 7.90. The van der Waals surface area contributed by atoms with Crippen LogP contribution in [-0.2, 0) is 4.79 Å². The number of carbonyl (C=O) groups is 1. The molecule has 0 spiro atoms. The SMILES string of the molecule is CC(=O)NCCCCCC1(C(C)(C)C)CC1. The Morgan fingerprint density at radius 3 is 2.25 bits per heavy atom. The summed E-state index contributed by atoms with van der Waals surface area (Å²) in [7, 11) is 0. The molecule has 2 heteroatoms. The van der Waals surface area contributed by atoms with Gasteiger partial charge in [-0.25, -0.2) is 0 Å². The molecule has 16 heavy (non-hydrogen) atoms. The van der Waals surface area contributed by atoms with Gasteiger partial charge in [0.25, 0.3) is 0 Å². The summed E-state index contributed by atoms with van der Waals surface area (Å²) >= 11 is 0. The van der Waals surface area contributed by atoms with Gasteiger partial charge in [0.15, 0.2) is 0 Å². The fourth-order valence-electron chi connectivity index (χ4n) is 2.56. The first kappa shape index (κ1) is 13.5. The topological polar surface area (TPSA) is 29.1 Å². The second-order valence-corrected chi connectivity index (χ2v) is 6.32. The molecule has 0 aromatic heterocycles. The van der Waals surface area contributed by atoms with Crippen molar-refractivity contribution in [2.24, 2.45) is 10.8 Å². The van der Waals surface area contributed by atoms with Crippen molar-refractivity contribution in [3.63, 3.8) is 0 Å². The van der Waals surface area contributed by atoms with Crippen molar-refractivity contribution in [1.82, 2.24) is 5.32 Å². The van der Waals surface area contributed by atoms with Crippen molar-refractivity contribution in [1.29, 1.82) is 0 Å². The van der Waals surface area contributed by atoms with Gasteiger partial charge < -0.3 is 5.32 Å². The van der Waals surface area contributed by atoms with Crippen LogP contribution in [0.4, 0.5) is 0 Å². The fraction of sp³-hybridized carbons (Fsp3) is 0.929. The molecule has 94 valence electrons. The molecule has 0 saturated heterocycles. The molecule has 1 amide bonds. The maximum absolute atomic E-state index is 10.7. The van der Waals surface area contributed by atoms with Crippen LogP contribution >= 0.6 is 0 Å². The summed E-state index contributed by atoms with van der Waals surface area (Å²) in [5, 5.41) is 2.85. The summed E-state index contributed by atoms with van der Waals surface area (Å²) in [5.74, 6) is 0.0911. The molecule has 1 fully saturated rings. The Hall–Kier alpha value is -0.530. The van der Waals surface area contributed by atoms with Crippen molar-refractivity contribution < 1.29 is 4.79 Å². The van der Waals surface area contributed by atoms with E-state index in [2.05, 4.69) is 26.1 Å². The van der Waals surface area contributed by atoms with Crippen LogP contribution in [0.5, 0.6) is 0 Å². The first-order valence-corrected chi connectivity index (χ1v) is 6.62. The van der Waals surface area contributed by atoms with E-state index in [4.69, 9.17) is 0 Å². The monoisotopic (exact) mass is 225 g/mol. The summed E-state index contributed by atoms with van der Waals surface area (Å²) in [6.45, 7) is 9.54. The van der Waals surface area contributed by atoms with E-state index in [1.807, 2.05) is 0 Å². The number of unbranched alkanes of at least 4 members (excludes halogenated alkanes) is 2. The average Bonchev–Trinajstić information content (AvgIpc) is 2.90. The van der Waals surface area contributed by atoms with Crippen molar-refractivity contribution in [3.8, 4) is 0 Å². The van der Waals surface area contributed by atoms with Crippen LogP contribution < -0.4 is 5.32 Å². The smallest absolute Gasteiger partial charge is 0.216 e. The van der Waals surface area contributed by atoms with E-state index in [1.54, 1.807) is 6.92 Å². The molecule has 0 aliphatic heterocycles. The lowest BCUT2D eigenvalue weighted by atomic mass is 9.74. The van der Waals surface area contributed by atoms with Crippen molar-refractivity contribution in [2.45, 2.75) is 66.2 Å². The molecule has 0 atom stereocenters. The van der Waals surface area contributed by atoms with Gasteiger partial charge in [-0.15, -0.1) is 0 Å². The molecule has 0 heterocycles. The number of hydrogen-bond acceptors (Lipinski definition) is 1. The third kappa shape index (κ3) is 3.80. The number of rotatable bonds is 6. The van der Waals surface area contributed by atoms with Gasteiger partial charge in [-0.1, -0.05) is 33.6 Å². The van der Waals surface area contributed by atoms with Gasteiger partial charge >= 0.3 is 0 Å². The van der Waals surface area contributed by atoms with Gasteiger partial charge in [0, 0.05) is 13.5 Å². The van der Waals surface area contributed by atoms with Crippen LogP contribution in [-0.4, -0.2) is 12.5 Å². The van der Waals surface area contributed by atoms with E-state index < -0.39 is 0 Å². The first-order valence-electron chi connectivity index (χ1n) is 6.62. The van der Waals surface area contributed by atoms with Crippen LogP contribution in [0.2, 0.25) is 0 Å². The lowest BCUT2D eigenvalue weighted by Gasteiger charge is -2.31. The predicted octanol–water partition coefficient (Wildman–Crippen LogP) is 3.51. The Kier molecular flexibility index (Phi) is 4.40. The van der Waals surface area contributed by atoms with Crippen LogP contribution in [0.3, 0.4) is 0 Å². The minimum Gasteiger partial charge on any atom is -0.356 e. The second-order valence-electron chi connectivity index (χ2n) is 6.32. The van der Waals surface area contributed by atoms with E-state index in [1.165, 1.54) is 32.1 Å². The summed E-state index contributed by atoms with van der Waals surface area (Å²) in [6, 6.07) is 0. The van der Waals surface area contributed by atoms with Gasteiger partial charge in [0.1, 0.15) is 0 Å². The minimum absolute atomic E-state index is 0.0911.